The normalized spacial score (nSPS) is 35.5. The van der Waals surface area contributed by atoms with Gasteiger partial charge in [0.05, 0.1) is 8.07 Å². The van der Waals surface area contributed by atoms with Crippen molar-refractivity contribution in [3.8, 4) is 0 Å². The van der Waals surface area contributed by atoms with Gasteiger partial charge in [-0.25, -0.2) is 0 Å². The van der Waals surface area contributed by atoms with Gasteiger partial charge in [0.1, 0.15) is 0 Å². The van der Waals surface area contributed by atoms with Gasteiger partial charge in [-0.05, 0) is 46.9 Å². The van der Waals surface area contributed by atoms with Crippen LogP contribution in [0.15, 0.2) is 24.3 Å². The fourth-order valence-corrected chi connectivity index (χ4v) is 11.2. The molecule has 0 bridgehead atoms. The monoisotopic (exact) mass is 298 g/mol. The fraction of sp³-hybridized carbons (Fsp3) is 0.700. The molecular formula is C20H30Si. The molecule has 0 spiro atoms. The first-order chi connectivity index (χ1) is 10.2. The Morgan fingerprint density at radius 2 is 1.71 bits per heavy atom. The highest BCUT2D eigenvalue weighted by Crippen LogP contribution is 2.57. The van der Waals surface area contributed by atoms with Crippen LogP contribution in [0.3, 0.4) is 0 Å². The summed E-state index contributed by atoms with van der Waals surface area (Å²) in [6.45, 7) is 5.48. The van der Waals surface area contributed by atoms with Crippen LogP contribution >= 0.6 is 0 Å². The number of aryl methyl sites for hydroxylation is 1. The van der Waals surface area contributed by atoms with E-state index in [4.69, 9.17) is 0 Å². The Kier molecular flexibility index (Phi) is 3.52. The standard InChI is InChI=1S/C20H30Si/c1-21(2,19-13-11-15-7-3-5-9-17(15)19)20-14-12-16-8-4-6-10-18(16)20/h3,5,7,9,16,18-20H,4,6,8,10-14H2,1-2H3. The van der Waals surface area contributed by atoms with E-state index in [1.807, 2.05) is 0 Å². The van der Waals surface area contributed by atoms with E-state index >= 15 is 0 Å². The molecule has 1 aromatic rings. The zero-order chi connectivity index (χ0) is 14.4. The summed E-state index contributed by atoms with van der Waals surface area (Å²) >= 11 is 0. The third-order valence-corrected chi connectivity index (χ3v) is 12.3. The smallest absolute Gasteiger partial charge is 0.0585 e. The molecule has 114 valence electrons. The molecule has 4 rings (SSSR count). The van der Waals surface area contributed by atoms with Crippen LogP contribution in [0, 0.1) is 11.8 Å². The Morgan fingerprint density at radius 3 is 2.62 bits per heavy atom. The second-order valence-electron chi connectivity index (χ2n) is 8.50. The Morgan fingerprint density at radius 1 is 0.905 bits per heavy atom. The molecule has 2 fully saturated rings. The zero-order valence-corrected chi connectivity index (χ0v) is 14.8. The fourth-order valence-electron chi connectivity index (χ4n) is 6.24. The SMILES string of the molecule is C[Si](C)(C1CCc2ccccc21)C1CCC2CCCCC21. The summed E-state index contributed by atoms with van der Waals surface area (Å²) < 4.78 is 0. The van der Waals surface area contributed by atoms with Gasteiger partial charge in [0.15, 0.2) is 0 Å². The molecule has 3 aliphatic rings. The molecule has 1 aromatic carbocycles. The Balaban J connectivity index is 1.62. The molecule has 4 atom stereocenters. The van der Waals surface area contributed by atoms with Gasteiger partial charge in [0.25, 0.3) is 0 Å². The highest BCUT2D eigenvalue weighted by atomic mass is 28.3. The molecular weight excluding hydrogens is 268 g/mol. The second-order valence-corrected chi connectivity index (χ2v) is 13.6. The van der Waals surface area contributed by atoms with Crippen molar-refractivity contribution in [2.75, 3.05) is 0 Å². The van der Waals surface area contributed by atoms with E-state index in [2.05, 4.69) is 37.4 Å². The Hall–Kier alpha value is -0.563. The van der Waals surface area contributed by atoms with E-state index < -0.39 is 8.07 Å². The topological polar surface area (TPSA) is 0 Å². The number of fused-ring (bicyclic) bond motifs is 2. The van der Waals surface area contributed by atoms with Crippen molar-refractivity contribution in [3.05, 3.63) is 35.4 Å². The summed E-state index contributed by atoms with van der Waals surface area (Å²) in [5.41, 5.74) is 5.47. The van der Waals surface area contributed by atoms with Crippen LogP contribution < -0.4 is 0 Å². The van der Waals surface area contributed by atoms with Gasteiger partial charge < -0.3 is 0 Å². The van der Waals surface area contributed by atoms with Crippen molar-refractivity contribution in [1.29, 1.82) is 0 Å². The maximum atomic E-state index is 2.74. The van der Waals surface area contributed by atoms with Gasteiger partial charge in [-0.15, -0.1) is 0 Å². The molecule has 0 amide bonds. The van der Waals surface area contributed by atoms with Crippen LogP contribution in [-0.4, -0.2) is 8.07 Å². The summed E-state index contributed by atoms with van der Waals surface area (Å²) in [6, 6.07) is 9.36. The lowest BCUT2D eigenvalue weighted by Crippen LogP contribution is -2.42. The van der Waals surface area contributed by atoms with Gasteiger partial charge in [-0.3, -0.25) is 0 Å². The highest BCUT2D eigenvalue weighted by Gasteiger charge is 2.50. The highest BCUT2D eigenvalue weighted by molar-refractivity contribution is 6.80. The van der Waals surface area contributed by atoms with E-state index in [-0.39, 0.29) is 0 Å². The molecule has 1 heteroatoms. The second kappa shape index (κ2) is 5.26. The number of benzene rings is 1. The van der Waals surface area contributed by atoms with Crippen molar-refractivity contribution < 1.29 is 0 Å². The maximum Gasteiger partial charge on any atom is 0.0585 e. The van der Waals surface area contributed by atoms with E-state index in [0.717, 1.165) is 22.9 Å². The van der Waals surface area contributed by atoms with Crippen molar-refractivity contribution in [1.82, 2.24) is 0 Å². The average molecular weight is 299 g/mol. The third-order valence-electron chi connectivity index (χ3n) is 7.32. The van der Waals surface area contributed by atoms with Crippen molar-refractivity contribution in [2.24, 2.45) is 11.8 Å². The molecule has 2 saturated carbocycles. The summed E-state index contributed by atoms with van der Waals surface area (Å²) in [6.07, 6.45) is 12.1. The lowest BCUT2D eigenvalue weighted by Gasteiger charge is -2.42. The minimum absolute atomic E-state index is 0.944. The molecule has 0 saturated heterocycles. The van der Waals surface area contributed by atoms with Crippen LogP contribution in [0.5, 0.6) is 0 Å². The summed E-state index contributed by atoms with van der Waals surface area (Å²) in [5, 5.41) is 0. The predicted molar refractivity (Wildman–Crippen MR) is 93.4 cm³/mol. The molecule has 0 aromatic heterocycles. The molecule has 0 aliphatic heterocycles. The quantitative estimate of drug-likeness (QED) is 0.593. The molecule has 21 heavy (non-hydrogen) atoms. The lowest BCUT2D eigenvalue weighted by molar-refractivity contribution is 0.274. The molecule has 4 unspecified atom stereocenters. The van der Waals surface area contributed by atoms with Crippen molar-refractivity contribution in [2.45, 2.75) is 75.5 Å². The van der Waals surface area contributed by atoms with Crippen LogP contribution in [0.1, 0.15) is 61.6 Å². The van der Waals surface area contributed by atoms with E-state index in [9.17, 15) is 0 Å². The number of hydrogen-bond donors (Lipinski definition) is 0. The van der Waals surface area contributed by atoms with Crippen LogP contribution in [0.4, 0.5) is 0 Å². The van der Waals surface area contributed by atoms with E-state index in [0.29, 0.717) is 0 Å². The molecule has 0 N–H and O–H groups in total. The zero-order valence-electron chi connectivity index (χ0n) is 13.8. The Labute approximate surface area is 131 Å². The maximum absolute atomic E-state index is 2.74. The van der Waals surface area contributed by atoms with Crippen LogP contribution in [0.25, 0.3) is 0 Å². The van der Waals surface area contributed by atoms with Crippen molar-refractivity contribution >= 4 is 8.07 Å². The number of rotatable bonds is 2. The van der Waals surface area contributed by atoms with Crippen molar-refractivity contribution in [3.63, 3.8) is 0 Å². The van der Waals surface area contributed by atoms with Gasteiger partial charge in [-0.2, -0.15) is 0 Å². The summed E-state index contributed by atoms with van der Waals surface area (Å²) in [5.74, 6) is 2.21. The minimum atomic E-state index is -1.20. The summed E-state index contributed by atoms with van der Waals surface area (Å²) in [7, 11) is -1.20. The van der Waals surface area contributed by atoms with Crippen LogP contribution in [-0.2, 0) is 6.42 Å². The molecule has 3 aliphatic carbocycles. The third kappa shape index (κ3) is 2.23. The summed E-state index contributed by atoms with van der Waals surface area (Å²) in [4.78, 5) is 0. The molecule has 0 nitrogen and oxygen atoms in total. The van der Waals surface area contributed by atoms with Gasteiger partial charge in [0, 0.05) is 0 Å². The lowest BCUT2D eigenvalue weighted by atomic mass is 9.82. The van der Waals surface area contributed by atoms with Gasteiger partial charge in [-0.1, -0.05) is 75.9 Å². The number of hydrogen-bond acceptors (Lipinski definition) is 0. The largest absolute Gasteiger partial charge is 0.0687 e. The van der Waals surface area contributed by atoms with E-state index in [1.165, 1.54) is 25.7 Å². The first-order valence-electron chi connectivity index (χ1n) is 9.25. The van der Waals surface area contributed by atoms with E-state index in [1.54, 1.807) is 36.8 Å². The molecule has 0 heterocycles. The Bertz CT molecular complexity index is 518. The van der Waals surface area contributed by atoms with Crippen LogP contribution in [0.2, 0.25) is 18.6 Å². The van der Waals surface area contributed by atoms with Gasteiger partial charge in [0.2, 0.25) is 0 Å². The van der Waals surface area contributed by atoms with Gasteiger partial charge >= 0.3 is 0 Å². The minimum Gasteiger partial charge on any atom is -0.0687 e. The first-order valence-corrected chi connectivity index (χ1v) is 12.4. The first kappa shape index (κ1) is 14.1. The predicted octanol–water partition coefficient (Wildman–Crippen LogP) is 5.93. The molecule has 0 radical (unpaired) electrons. The average Bonchev–Trinajstić information content (AvgIpc) is 3.12.